The van der Waals surface area contributed by atoms with Gasteiger partial charge in [-0.05, 0) is 53.8 Å². The van der Waals surface area contributed by atoms with Crippen molar-refractivity contribution in [1.29, 1.82) is 0 Å². The topological polar surface area (TPSA) is 62.6 Å². The molecule has 6 heteroatoms. The third-order valence-electron chi connectivity index (χ3n) is 4.17. The number of rotatable bonds is 4. The summed E-state index contributed by atoms with van der Waals surface area (Å²) in [4.78, 5) is 27.4. The zero-order valence-corrected chi connectivity index (χ0v) is 14.7. The molecule has 3 heterocycles. The van der Waals surface area contributed by atoms with Crippen LogP contribution in [0, 0.1) is 0 Å². The first-order chi connectivity index (χ1) is 12.7. The van der Waals surface area contributed by atoms with Gasteiger partial charge in [-0.3, -0.25) is 9.59 Å². The highest BCUT2D eigenvalue weighted by atomic mass is 32.1. The summed E-state index contributed by atoms with van der Waals surface area (Å²) in [7, 11) is 0. The predicted octanol–water partition coefficient (Wildman–Crippen LogP) is 4.20. The number of amides is 2. The molecule has 0 aliphatic carbocycles. The monoisotopic (exact) mass is 364 g/mol. The molecule has 0 atom stereocenters. The van der Waals surface area contributed by atoms with Crippen molar-refractivity contribution in [3.8, 4) is 0 Å². The van der Waals surface area contributed by atoms with Crippen LogP contribution in [0.5, 0.6) is 0 Å². The Morgan fingerprint density at radius 2 is 2.12 bits per heavy atom. The summed E-state index contributed by atoms with van der Waals surface area (Å²) in [5.74, 6) is -0.0683. The third kappa shape index (κ3) is 3.32. The van der Waals surface area contributed by atoms with E-state index in [4.69, 9.17) is 4.42 Å². The second kappa shape index (κ2) is 7.01. The van der Waals surface area contributed by atoms with Gasteiger partial charge in [0.15, 0.2) is 5.76 Å². The molecule has 1 aromatic carbocycles. The van der Waals surface area contributed by atoms with E-state index in [1.54, 1.807) is 34.4 Å². The molecule has 2 aromatic heterocycles. The van der Waals surface area contributed by atoms with Crippen LogP contribution in [0.25, 0.3) is 6.08 Å². The normalized spacial score (nSPS) is 13.2. The van der Waals surface area contributed by atoms with E-state index in [-0.39, 0.29) is 11.8 Å². The zero-order valence-electron chi connectivity index (χ0n) is 13.8. The van der Waals surface area contributed by atoms with E-state index in [1.807, 2.05) is 35.7 Å². The quantitative estimate of drug-likeness (QED) is 0.706. The van der Waals surface area contributed by atoms with Gasteiger partial charge in [-0.1, -0.05) is 12.1 Å². The van der Waals surface area contributed by atoms with Gasteiger partial charge in [0, 0.05) is 28.9 Å². The fraction of sp³-hybridized carbons (Fsp3) is 0.100. The van der Waals surface area contributed by atoms with Gasteiger partial charge < -0.3 is 14.6 Å². The van der Waals surface area contributed by atoms with Crippen LogP contribution in [-0.4, -0.2) is 18.4 Å². The molecule has 3 aromatic rings. The van der Waals surface area contributed by atoms with E-state index in [1.165, 1.54) is 12.3 Å². The average molecular weight is 364 g/mol. The van der Waals surface area contributed by atoms with Crippen molar-refractivity contribution in [3.05, 3.63) is 76.4 Å². The summed E-state index contributed by atoms with van der Waals surface area (Å²) in [5.41, 5.74) is 2.55. The SMILES string of the molecule is O=C(/C=C/c1cccs1)Nc1ccc2c(c1)N(C(=O)c1ccco1)CC2. The molecule has 0 unspecified atom stereocenters. The van der Waals surface area contributed by atoms with Crippen molar-refractivity contribution in [1.82, 2.24) is 0 Å². The minimum atomic E-state index is -0.208. The Morgan fingerprint density at radius 3 is 2.88 bits per heavy atom. The van der Waals surface area contributed by atoms with Gasteiger partial charge >= 0.3 is 0 Å². The molecule has 4 rings (SSSR count). The largest absolute Gasteiger partial charge is 0.459 e. The molecule has 1 aliphatic rings. The first-order valence-electron chi connectivity index (χ1n) is 8.21. The van der Waals surface area contributed by atoms with E-state index in [0.29, 0.717) is 18.0 Å². The molecule has 1 aliphatic heterocycles. The van der Waals surface area contributed by atoms with Gasteiger partial charge in [0.2, 0.25) is 5.91 Å². The minimum Gasteiger partial charge on any atom is -0.459 e. The number of fused-ring (bicyclic) bond motifs is 1. The van der Waals surface area contributed by atoms with Gasteiger partial charge in [-0.25, -0.2) is 0 Å². The molecule has 0 fully saturated rings. The Labute approximate surface area is 154 Å². The Balaban J connectivity index is 1.50. The fourth-order valence-electron chi connectivity index (χ4n) is 2.93. The van der Waals surface area contributed by atoms with Gasteiger partial charge in [0.1, 0.15) is 0 Å². The van der Waals surface area contributed by atoms with Crippen molar-refractivity contribution in [3.63, 3.8) is 0 Å². The lowest BCUT2D eigenvalue weighted by molar-refractivity contribution is -0.111. The smallest absolute Gasteiger partial charge is 0.293 e. The molecule has 1 N–H and O–H groups in total. The second-order valence-corrected chi connectivity index (χ2v) is 6.84. The average Bonchev–Trinajstić information content (AvgIpc) is 3.40. The number of furan rings is 1. The lowest BCUT2D eigenvalue weighted by Crippen LogP contribution is -2.28. The number of hydrogen-bond acceptors (Lipinski definition) is 4. The van der Waals surface area contributed by atoms with Crippen LogP contribution in [0.2, 0.25) is 0 Å². The summed E-state index contributed by atoms with van der Waals surface area (Å²) < 4.78 is 5.22. The van der Waals surface area contributed by atoms with E-state index < -0.39 is 0 Å². The molecule has 2 amide bonds. The number of thiophene rings is 1. The summed E-state index contributed by atoms with van der Waals surface area (Å²) in [6.45, 7) is 0.602. The van der Waals surface area contributed by atoms with E-state index in [0.717, 1.165) is 22.5 Å². The number of benzene rings is 1. The Kier molecular flexibility index (Phi) is 4.41. The molecule has 0 saturated carbocycles. The maximum absolute atomic E-state index is 12.6. The highest BCUT2D eigenvalue weighted by Crippen LogP contribution is 2.32. The Hall–Kier alpha value is -3.12. The number of carbonyl (C=O) groups is 2. The van der Waals surface area contributed by atoms with Gasteiger partial charge in [0.05, 0.1) is 6.26 Å². The highest BCUT2D eigenvalue weighted by molar-refractivity contribution is 7.10. The van der Waals surface area contributed by atoms with Gasteiger partial charge in [-0.2, -0.15) is 0 Å². The summed E-state index contributed by atoms with van der Waals surface area (Å²) in [5, 5.41) is 4.81. The second-order valence-electron chi connectivity index (χ2n) is 5.87. The first-order valence-corrected chi connectivity index (χ1v) is 9.09. The molecular weight excluding hydrogens is 348 g/mol. The van der Waals surface area contributed by atoms with Crippen LogP contribution >= 0.6 is 11.3 Å². The lowest BCUT2D eigenvalue weighted by Gasteiger charge is -2.16. The van der Waals surface area contributed by atoms with Crippen molar-refractivity contribution in [2.45, 2.75) is 6.42 Å². The third-order valence-corrected chi connectivity index (χ3v) is 5.01. The molecule has 130 valence electrons. The van der Waals surface area contributed by atoms with E-state index in [2.05, 4.69) is 5.32 Å². The van der Waals surface area contributed by atoms with Crippen LogP contribution in [0.1, 0.15) is 21.0 Å². The number of nitrogens with one attached hydrogen (secondary N) is 1. The number of nitrogens with zero attached hydrogens (tertiary/aromatic N) is 1. The zero-order chi connectivity index (χ0) is 17.9. The summed E-state index contributed by atoms with van der Waals surface area (Å²) >= 11 is 1.57. The van der Waals surface area contributed by atoms with Crippen LogP contribution in [0.3, 0.4) is 0 Å². The Morgan fingerprint density at radius 1 is 1.19 bits per heavy atom. The minimum absolute atomic E-state index is 0.171. The van der Waals surface area contributed by atoms with Crippen LogP contribution in [-0.2, 0) is 11.2 Å². The molecule has 0 spiro atoms. The van der Waals surface area contributed by atoms with E-state index >= 15 is 0 Å². The molecule has 0 bridgehead atoms. The summed E-state index contributed by atoms with van der Waals surface area (Å²) in [6.07, 6.45) is 5.56. The number of anilines is 2. The van der Waals surface area contributed by atoms with Crippen LogP contribution in [0.15, 0.2) is 64.6 Å². The van der Waals surface area contributed by atoms with Crippen molar-refractivity contribution < 1.29 is 14.0 Å². The lowest BCUT2D eigenvalue weighted by atomic mass is 10.1. The first kappa shape index (κ1) is 16.4. The molecule has 5 nitrogen and oxygen atoms in total. The highest BCUT2D eigenvalue weighted by Gasteiger charge is 2.27. The van der Waals surface area contributed by atoms with Crippen molar-refractivity contribution in [2.24, 2.45) is 0 Å². The van der Waals surface area contributed by atoms with Crippen molar-refractivity contribution in [2.75, 3.05) is 16.8 Å². The number of hydrogen-bond donors (Lipinski definition) is 1. The van der Waals surface area contributed by atoms with Gasteiger partial charge in [0.25, 0.3) is 5.91 Å². The maximum Gasteiger partial charge on any atom is 0.293 e. The van der Waals surface area contributed by atoms with Crippen molar-refractivity contribution >= 4 is 40.6 Å². The number of carbonyl (C=O) groups excluding carboxylic acids is 2. The molecule has 26 heavy (non-hydrogen) atoms. The Bertz CT molecular complexity index is 959. The summed E-state index contributed by atoms with van der Waals surface area (Å²) in [6, 6.07) is 12.9. The predicted molar refractivity (Wildman–Crippen MR) is 103 cm³/mol. The molecular formula is C20H16N2O3S. The molecule has 0 saturated heterocycles. The van der Waals surface area contributed by atoms with Crippen LogP contribution < -0.4 is 10.2 Å². The maximum atomic E-state index is 12.6. The van der Waals surface area contributed by atoms with E-state index in [9.17, 15) is 9.59 Å². The van der Waals surface area contributed by atoms with Gasteiger partial charge in [-0.15, -0.1) is 11.3 Å². The van der Waals surface area contributed by atoms with Crippen LogP contribution in [0.4, 0.5) is 11.4 Å². The molecule has 0 radical (unpaired) electrons. The fourth-order valence-corrected chi connectivity index (χ4v) is 3.55. The standard InChI is InChI=1S/C20H16N2O3S/c23-19(8-7-16-3-2-12-26-16)21-15-6-5-14-9-10-22(17(14)13-15)20(24)18-4-1-11-25-18/h1-8,11-13H,9-10H2,(H,21,23)/b8-7+.